The normalized spacial score (nSPS) is 14.7. The Morgan fingerprint density at radius 3 is 2.73 bits per heavy atom. The average molecular weight is 414 g/mol. The van der Waals surface area contributed by atoms with E-state index in [-0.39, 0.29) is 11.5 Å². The molecule has 0 radical (unpaired) electrons. The number of amides is 1. The van der Waals surface area contributed by atoms with Crippen LogP contribution in [0.25, 0.3) is 0 Å². The summed E-state index contributed by atoms with van der Waals surface area (Å²) >= 11 is 0. The second-order valence-electron chi connectivity index (χ2n) is 7.29. The first-order valence-electron chi connectivity index (χ1n) is 9.72. The lowest BCUT2D eigenvalue weighted by Crippen LogP contribution is -2.24. The van der Waals surface area contributed by atoms with Crippen molar-refractivity contribution in [2.75, 3.05) is 11.9 Å². The molecule has 1 aromatic heterocycles. The monoisotopic (exact) mass is 414 g/mol. The number of alkyl halides is 3. The van der Waals surface area contributed by atoms with E-state index in [1.807, 2.05) is 13.0 Å². The van der Waals surface area contributed by atoms with Crippen molar-refractivity contribution >= 4 is 11.6 Å². The number of carbonyl (C=O) groups is 1. The van der Waals surface area contributed by atoms with Crippen LogP contribution in [0.1, 0.15) is 52.0 Å². The van der Waals surface area contributed by atoms with Gasteiger partial charge >= 0.3 is 6.18 Å². The molecule has 0 aliphatic carbocycles. The summed E-state index contributed by atoms with van der Waals surface area (Å²) in [6.45, 7) is 3.19. The van der Waals surface area contributed by atoms with Crippen molar-refractivity contribution in [1.82, 2.24) is 15.1 Å². The second-order valence-corrected chi connectivity index (χ2v) is 7.29. The largest absolute Gasteiger partial charge is 0.416 e. The average Bonchev–Trinajstić information content (AvgIpc) is 3.35. The number of aromatic nitrogens is 2. The molecule has 0 spiro atoms. The molecule has 5 nitrogen and oxygen atoms in total. The van der Waals surface area contributed by atoms with Crippen LogP contribution in [0, 0.1) is 0 Å². The summed E-state index contributed by atoms with van der Waals surface area (Å²) in [6.07, 6.45) is -0.539. The zero-order valence-electron chi connectivity index (χ0n) is 16.3. The number of rotatable bonds is 6. The van der Waals surface area contributed by atoms with Crippen molar-refractivity contribution < 1.29 is 18.0 Å². The van der Waals surface area contributed by atoms with Gasteiger partial charge in [-0.05, 0) is 41.8 Å². The molecule has 2 N–H and O–H groups in total. The number of anilines is 1. The Labute approximate surface area is 171 Å². The second kappa shape index (κ2) is 7.85. The predicted molar refractivity (Wildman–Crippen MR) is 107 cm³/mol. The Balaban J connectivity index is 1.70. The van der Waals surface area contributed by atoms with Gasteiger partial charge in [-0.3, -0.25) is 9.89 Å². The standard InChI is InChI=1S/C22H21F3N4O/c1-2-9-29-13-14-10-16(7-8-17(14)21(29)30)28-20(15-11-26-27-12-15)18-5-3-4-6-19(18)22(23,24)25/h3-8,10-12,20,28H,2,9,13H2,1H3,(H,26,27). The zero-order chi connectivity index (χ0) is 21.3. The topological polar surface area (TPSA) is 61.0 Å². The third-order valence-corrected chi connectivity index (χ3v) is 5.22. The van der Waals surface area contributed by atoms with Gasteiger partial charge in [0.05, 0.1) is 17.8 Å². The number of aromatic amines is 1. The lowest BCUT2D eigenvalue weighted by atomic mass is 9.95. The Morgan fingerprint density at radius 1 is 1.23 bits per heavy atom. The highest BCUT2D eigenvalue weighted by molar-refractivity contribution is 5.98. The highest BCUT2D eigenvalue weighted by atomic mass is 19.4. The fourth-order valence-corrected chi connectivity index (χ4v) is 3.85. The first kappa shape index (κ1) is 20.0. The highest BCUT2D eigenvalue weighted by Gasteiger charge is 2.35. The number of hydrogen-bond donors (Lipinski definition) is 2. The zero-order valence-corrected chi connectivity index (χ0v) is 16.3. The van der Waals surface area contributed by atoms with Gasteiger partial charge in [-0.1, -0.05) is 25.1 Å². The smallest absolute Gasteiger partial charge is 0.374 e. The lowest BCUT2D eigenvalue weighted by Gasteiger charge is -2.23. The van der Waals surface area contributed by atoms with Crippen LogP contribution in [-0.2, 0) is 12.7 Å². The van der Waals surface area contributed by atoms with Crippen LogP contribution < -0.4 is 5.32 Å². The molecule has 2 aromatic carbocycles. The summed E-state index contributed by atoms with van der Waals surface area (Å²) in [4.78, 5) is 14.2. The number of benzene rings is 2. The Morgan fingerprint density at radius 2 is 2.03 bits per heavy atom. The van der Waals surface area contributed by atoms with E-state index in [1.165, 1.54) is 18.3 Å². The van der Waals surface area contributed by atoms with Gasteiger partial charge in [0.1, 0.15) is 0 Å². The molecule has 1 aliphatic rings. The van der Waals surface area contributed by atoms with Gasteiger partial charge in [-0.15, -0.1) is 0 Å². The van der Waals surface area contributed by atoms with E-state index in [1.54, 1.807) is 29.3 Å². The van der Waals surface area contributed by atoms with Crippen molar-refractivity contribution in [2.24, 2.45) is 0 Å². The predicted octanol–water partition coefficient (Wildman–Crippen LogP) is 5.00. The molecule has 0 saturated carbocycles. The van der Waals surface area contributed by atoms with Gasteiger partial charge in [0.15, 0.2) is 0 Å². The van der Waals surface area contributed by atoms with Crippen molar-refractivity contribution in [3.8, 4) is 0 Å². The third kappa shape index (κ3) is 3.77. The number of fused-ring (bicyclic) bond motifs is 1. The summed E-state index contributed by atoms with van der Waals surface area (Å²) < 4.78 is 40.9. The minimum Gasteiger partial charge on any atom is -0.374 e. The van der Waals surface area contributed by atoms with E-state index in [0.717, 1.165) is 18.1 Å². The first-order valence-corrected chi connectivity index (χ1v) is 9.72. The van der Waals surface area contributed by atoms with E-state index in [4.69, 9.17) is 0 Å². The Kier molecular flexibility index (Phi) is 5.24. The molecule has 0 saturated heterocycles. The molecule has 156 valence electrons. The van der Waals surface area contributed by atoms with Gasteiger partial charge in [-0.2, -0.15) is 18.3 Å². The third-order valence-electron chi connectivity index (χ3n) is 5.22. The summed E-state index contributed by atoms with van der Waals surface area (Å²) in [5.41, 5.74) is 2.14. The Hall–Kier alpha value is -3.29. The molecular formula is C22H21F3N4O. The van der Waals surface area contributed by atoms with Crippen LogP contribution >= 0.6 is 0 Å². The number of carbonyl (C=O) groups excluding carboxylic acids is 1. The molecule has 4 rings (SSSR count). The summed E-state index contributed by atoms with van der Waals surface area (Å²) in [6, 6.07) is 10.1. The minimum absolute atomic E-state index is 0.00722. The minimum atomic E-state index is -4.48. The maximum atomic E-state index is 13.6. The summed E-state index contributed by atoms with van der Waals surface area (Å²) in [5.74, 6) is -0.00722. The number of nitrogens with one attached hydrogen (secondary N) is 2. The molecule has 1 atom stereocenters. The van der Waals surface area contributed by atoms with Crippen molar-refractivity contribution in [2.45, 2.75) is 32.1 Å². The molecule has 1 aliphatic heterocycles. The van der Waals surface area contributed by atoms with Crippen LogP contribution in [0.4, 0.5) is 18.9 Å². The molecule has 2 heterocycles. The van der Waals surface area contributed by atoms with E-state index in [9.17, 15) is 18.0 Å². The lowest BCUT2D eigenvalue weighted by molar-refractivity contribution is -0.138. The van der Waals surface area contributed by atoms with Gasteiger partial charge in [0.2, 0.25) is 0 Å². The maximum Gasteiger partial charge on any atom is 0.416 e. The fourth-order valence-electron chi connectivity index (χ4n) is 3.85. The van der Waals surface area contributed by atoms with Crippen molar-refractivity contribution in [3.63, 3.8) is 0 Å². The summed E-state index contributed by atoms with van der Waals surface area (Å²) in [5, 5.41) is 9.78. The van der Waals surface area contributed by atoms with Gasteiger partial charge < -0.3 is 10.2 Å². The SMILES string of the molecule is CCCN1Cc2cc(NC(c3cn[nH]c3)c3ccccc3C(F)(F)F)ccc2C1=O. The van der Waals surface area contributed by atoms with Crippen molar-refractivity contribution in [3.05, 3.63) is 82.7 Å². The maximum absolute atomic E-state index is 13.6. The van der Waals surface area contributed by atoms with Crippen molar-refractivity contribution in [1.29, 1.82) is 0 Å². The van der Waals surface area contributed by atoms with E-state index in [0.29, 0.717) is 29.9 Å². The molecular weight excluding hydrogens is 393 g/mol. The van der Waals surface area contributed by atoms with Crippen LogP contribution in [-0.4, -0.2) is 27.5 Å². The molecule has 1 amide bonds. The number of H-pyrrole nitrogens is 1. The van der Waals surface area contributed by atoms with E-state index in [2.05, 4.69) is 15.5 Å². The van der Waals surface area contributed by atoms with Gasteiger partial charge in [0.25, 0.3) is 5.91 Å². The number of halogens is 3. The summed E-state index contributed by atoms with van der Waals surface area (Å²) in [7, 11) is 0. The van der Waals surface area contributed by atoms with Crippen LogP contribution in [0.2, 0.25) is 0 Å². The fraction of sp³-hybridized carbons (Fsp3) is 0.273. The highest BCUT2D eigenvalue weighted by Crippen LogP contribution is 2.38. The molecule has 0 bridgehead atoms. The molecule has 0 fully saturated rings. The van der Waals surface area contributed by atoms with Crippen LogP contribution in [0.15, 0.2) is 54.9 Å². The first-order chi connectivity index (χ1) is 14.4. The van der Waals surface area contributed by atoms with Gasteiger partial charge in [-0.25, -0.2) is 0 Å². The molecule has 3 aromatic rings. The number of hydrogen-bond acceptors (Lipinski definition) is 3. The molecule has 1 unspecified atom stereocenters. The van der Waals surface area contributed by atoms with Gasteiger partial charge in [0, 0.05) is 36.1 Å². The van der Waals surface area contributed by atoms with E-state index < -0.39 is 17.8 Å². The quantitative estimate of drug-likeness (QED) is 0.597. The Bertz CT molecular complexity index is 1050. The number of nitrogens with zero attached hydrogens (tertiary/aromatic N) is 2. The van der Waals surface area contributed by atoms with E-state index >= 15 is 0 Å². The van der Waals surface area contributed by atoms with Crippen LogP contribution in [0.3, 0.4) is 0 Å². The molecule has 8 heteroatoms. The molecule has 30 heavy (non-hydrogen) atoms. The van der Waals surface area contributed by atoms with Crippen LogP contribution in [0.5, 0.6) is 0 Å².